The molecule has 0 heterocycles. The maximum atomic E-state index is 12.8. The van der Waals surface area contributed by atoms with Gasteiger partial charge in [0.05, 0.1) is 6.04 Å². The van der Waals surface area contributed by atoms with Crippen molar-refractivity contribution in [3.05, 3.63) is 0 Å². The van der Waals surface area contributed by atoms with Crippen LogP contribution in [0.5, 0.6) is 0 Å². The van der Waals surface area contributed by atoms with Crippen LogP contribution in [0.15, 0.2) is 0 Å². The fourth-order valence-electron chi connectivity index (χ4n) is 1.14. The third kappa shape index (κ3) is 1.96. The summed E-state index contributed by atoms with van der Waals surface area (Å²) in [5.74, 6) is -2.94. The standard InChI is InChI=1S/C7H11F2NO/c8-7(9)4-3-5(11)1-2-6(7)10/h6H,1-4,10H2. The van der Waals surface area contributed by atoms with Gasteiger partial charge in [-0.2, -0.15) is 0 Å². The molecule has 1 aliphatic rings. The summed E-state index contributed by atoms with van der Waals surface area (Å²) < 4.78 is 25.5. The van der Waals surface area contributed by atoms with Crippen LogP contribution in [-0.2, 0) is 4.79 Å². The van der Waals surface area contributed by atoms with Gasteiger partial charge in [0.2, 0.25) is 0 Å². The average molecular weight is 163 g/mol. The maximum Gasteiger partial charge on any atom is 0.263 e. The van der Waals surface area contributed by atoms with E-state index >= 15 is 0 Å². The molecule has 1 atom stereocenters. The number of alkyl halides is 2. The Kier molecular flexibility index (Phi) is 2.23. The number of carbonyl (C=O) groups is 1. The number of halogens is 2. The lowest BCUT2D eigenvalue weighted by atomic mass is 10.1. The van der Waals surface area contributed by atoms with Gasteiger partial charge in [0, 0.05) is 19.3 Å². The van der Waals surface area contributed by atoms with E-state index in [1.807, 2.05) is 0 Å². The second-order valence-electron chi connectivity index (χ2n) is 2.94. The lowest BCUT2D eigenvalue weighted by Gasteiger charge is -2.19. The van der Waals surface area contributed by atoms with Gasteiger partial charge in [-0.15, -0.1) is 0 Å². The minimum atomic E-state index is -2.84. The van der Waals surface area contributed by atoms with Crippen molar-refractivity contribution >= 4 is 5.78 Å². The van der Waals surface area contributed by atoms with Crippen molar-refractivity contribution < 1.29 is 13.6 Å². The van der Waals surface area contributed by atoms with Gasteiger partial charge in [-0.1, -0.05) is 0 Å². The number of nitrogens with two attached hydrogens (primary N) is 1. The van der Waals surface area contributed by atoms with Crippen LogP contribution in [0.1, 0.15) is 25.7 Å². The second kappa shape index (κ2) is 2.85. The van der Waals surface area contributed by atoms with E-state index in [1.165, 1.54) is 0 Å². The van der Waals surface area contributed by atoms with Crippen LogP contribution < -0.4 is 5.73 Å². The fourth-order valence-corrected chi connectivity index (χ4v) is 1.14. The van der Waals surface area contributed by atoms with Gasteiger partial charge in [-0.25, -0.2) is 8.78 Å². The first-order chi connectivity index (χ1) is 5.02. The molecule has 1 unspecified atom stereocenters. The van der Waals surface area contributed by atoms with Crippen LogP contribution >= 0.6 is 0 Å². The van der Waals surface area contributed by atoms with E-state index < -0.39 is 12.0 Å². The highest BCUT2D eigenvalue weighted by Gasteiger charge is 2.39. The van der Waals surface area contributed by atoms with Crippen molar-refractivity contribution in [3.63, 3.8) is 0 Å². The molecule has 1 fully saturated rings. The highest BCUT2D eigenvalue weighted by atomic mass is 19.3. The summed E-state index contributed by atoms with van der Waals surface area (Å²) in [4.78, 5) is 10.7. The highest BCUT2D eigenvalue weighted by molar-refractivity contribution is 5.78. The third-order valence-corrected chi connectivity index (χ3v) is 2.01. The lowest BCUT2D eigenvalue weighted by Crippen LogP contribution is -2.39. The molecule has 1 aliphatic carbocycles. The van der Waals surface area contributed by atoms with Crippen LogP contribution in [0, 0.1) is 0 Å². The first kappa shape index (κ1) is 8.59. The molecule has 0 radical (unpaired) electrons. The minimum absolute atomic E-state index is 0.0271. The number of hydrogen-bond donors (Lipinski definition) is 1. The van der Waals surface area contributed by atoms with Crippen LogP contribution in [0.25, 0.3) is 0 Å². The summed E-state index contributed by atoms with van der Waals surface area (Å²) in [7, 11) is 0. The van der Waals surface area contributed by atoms with Gasteiger partial charge >= 0.3 is 0 Å². The Morgan fingerprint density at radius 1 is 1.45 bits per heavy atom. The van der Waals surface area contributed by atoms with E-state index in [9.17, 15) is 13.6 Å². The molecule has 0 aliphatic heterocycles. The molecular formula is C7H11F2NO. The second-order valence-corrected chi connectivity index (χ2v) is 2.94. The van der Waals surface area contributed by atoms with Crippen molar-refractivity contribution in [3.8, 4) is 0 Å². The summed E-state index contributed by atoms with van der Waals surface area (Å²) in [6.45, 7) is 0. The van der Waals surface area contributed by atoms with Crippen molar-refractivity contribution in [2.45, 2.75) is 37.6 Å². The Morgan fingerprint density at radius 2 is 2.09 bits per heavy atom. The molecule has 0 spiro atoms. The van der Waals surface area contributed by atoms with Crippen molar-refractivity contribution in [2.75, 3.05) is 0 Å². The van der Waals surface area contributed by atoms with Gasteiger partial charge in [-0.05, 0) is 6.42 Å². The molecule has 11 heavy (non-hydrogen) atoms. The predicted molar refractivity (Wildman–Crippen MR) is 36.4 cm³/mol. The quantitative estimate of drug-likeness (QED) is 0.543. The van der Waals surface area contributed by atoms with Gasteiger partial charge in [-0.3, -0.25) is 4.79 Å². The van der Waals surface area contributed by atoms with E-state index in [4.69, 9.17) is 5.73 Å². The van der Waals surface area contributed by atoms with E-state index in [1.54, 1.807) is 0 Å². The topological polar surface area (TPSA) is 43.1 Å². The highest BCUT2D eigenvalue weighted by Crippen LogP contribution is 2.29. The van der Waals surface area contributed by atoms with Crippen molar-refractivity contribution in [1.29, 1.82) is 0 Å². The molecule has 2 N–H and O–H groups in total. The third-order valence-electron chi connectivity index (χ3n) is 2.01. The molecule has 0 aromatic rings. The largest absolute Gasteiger partial charge is 0.323 e. The van der Waals surface area contributed by atoms with Crippen molar-refractivity contribution in [1.82, 2.24) is 0 Å². The summed E-state index contributed by atoms with van der Waals surface area (Å²) in [5, 5.41) is 0. The summed E-state index contributed by atoms with van der Waals surface area (Å²) >= 11 is 0. The molecule has 64 valence electrons. The molecule has 0 aromatic heterocycles. The molecule has 0 saturated heterocycles. The average Bonchev–Trinajstić information content (AvgIpc) is 2.03. The molecule has 0 bridgehead atoms. The first-order valence-corrected chi connectivity index (χ1v) is 3.67. The predicted octanol–water partition coefficient (Wildman–Crippen LogP) is 1.09. The zero-order valence-electron chi connectivity index (χ0n) is 6.15. The van der Waals surface area contributed by atoms with Crippen molar-refractivity contribution in [2.24, 2.45) is 5.73 Å². The monoisotopic (exact) mass is 163 g/mol. The Hall–Kier alpha value is -0.510. The smallest absolute Gasteiger partial charge is 0.263 e. The van der Waals surface area contributed by atoms with E-state index in [0.717, 1.165) is 0 Å². The first-order valence-electron chi connectivity index (χ1n) is 3.67. The fraction of sp³-hybridized carbons (Fsp3) is 0.857. The van der Waals surface area contributed by atoms with Crippen LogP contribution in [0.3, 0.4) is 0 Å². The summed E-state index contributed by atoms with van der Waals surface area (Å²) in [6.07, 6.45) is -0.0870. The van der Waals surface area contributed by atoms with Crippen LogP contribution in [-0.4, -0.2) is 17.7 Å². The van der Waals surface area contributed by atoms with Crippen LogP contribution in [0.4, 0.5) is 8.78 Å². The van der Waals surface area contributed by atoms with E-state index in [2.05, 4.69) is 0 Å². The molecular weight excluding hydrogens is 152 g/mol. The Morgan fingerprint density at radius 3 is 2.73 bits per heavy atom. The van der Waals surface area contributed by atoms with E-state index in [0.29, 0.717) is 0 Å². The van der Waals surface area contributed by atoms with Gasteiger partial charge in [0.15, 0.2) is 0 Å². The zero-order chi connectivity index (χ0) is 8.48. The lowest BCUT2D eigenvalue weighted by molar-refractivity contribution is -0.119. The number of rotatable bonds is 0. The number of hydrogen-bond acceptors (Lipinski definition) is 2. The molecule has 1 saturated carbocycles. The zero-order valence-corrected chi connectivity index (χ0v) is 6.15. The SMILES string of the molecule is NC1CCC(=O)CCC1(F)F. The molecule has 2 nitrogen and oxygen atoms in total. The molecule has 0 aromatic carbocycles. The summed E-state index contributed by atoms with van der Waals surface area (Å²) in [6, 6.07) is -1.13. The van der Waals surface area contributed by atoms with Crippen LogP contribution in [0.2, 0.25) is 0 Å². The van der Waals surface area contributed by atoms with Gasteiger partial charge in [0.25, 0.3) is 5.92 Å². The number of carbonyl (C=O) groups excluding carboxylic acids is 1. The maximum absolute atomic E-state index is 12.8. The number of ketones is 1. The van der Waals surface area contributed by atoms with Gasteiger partial charge in [0.1, 0.15) is 5.78 Å². The minimum Gasteiger partial charge on any atom is -0.323 e. The Labute approximate surface area is 63.8 Å². The normalized spacial score (nSPS) is 31.5. The number of Topliss-reactive ketones (excluding diaryl/α,β-unsaturated/α-hetero) is 1. The molecule has 1 rings (SSSR count). The Balaban J connectivity index is 2.63. The molecule has 0 amide bonds. The van der Waals surface area contributed by atoms with E-state index in [-0.39, 0.29) is 31.5 Å². The Bertz CT molecular complexity index is 170. The summed E-state index contributed by atoms with van der Waals surface area (Å²) in [5.41, 5.74) is 5.17. The molecule has 4 heteroatoms. The van der Waals surface area contributed by atoms with Gasteiger partial charge < -0.3 is 5.73 Å².